The highest BCUT2D eigenvalue weighted by molar-refractivity contribution is 5.99. The molecule has 0 aromatic heterocycles. The van der Waals surface area contributed by atoms with Crippen molar-refractivity contribution in [2.45, 2.75) is 25.9 Å². The van der Waals surface area contributed by atoms with Crippen molar-refractivity contribution < 1.29 is 19.1 Å². The Hall–Kier alpha value is -3.66. The van der Waals surface area contributed by atoms with E-state index >= 15 is 0 Å². The summed E-state index contributed by atoms with van der Waals surface area (Å²) >= 11 is 0. The Morgan fingerprint density at radius 3 is 2.61 bits per heavy atom. The molecule has 7 heteroatoms. The maximum Gasteiger partial charge on any atom is 0.338 e. The van der Waals surface area contributed by atoms with Gasteiger partial charge in [-0.2, -0.15) is 5.26 Å². The Morgan fingerprint density at radius 2 is 1.96 bits per heavy atom. The molecule has 0 bridgehead atoms. The number of ether oxygens (including phenoxy) is 1. The van der Waals surface area contributed by atoms with E-state index in [0.717, 1.165) is 6.42 Å². The standard InChI is InChI=1S/C21H19N3O4/c1-14(20(26)23-17-9-7-15(13-22)8-10-17)28-21(27)16-4-2-5-18(12-16)24-11-3-6-19(24)25/h2,4-5,7-10,12,14H,3,6,11H2,1H3,(H,23,26)/t14-/m0/s1. The van der Waals surface area contributed by atoms with Crippen molar-refractivity contribution in [3.63, 3.8) is 0 Å². The molecule has 1 heterocycles. The monoisotopic (exact) mass is 377 g/mol. The molecule has 0 saturated carbocycles. The lowest BCUT2D eigenvalue weighted by molar-refractivity contribution is -0.123. The van der Waals surface area contributed by atoms with Crippen LogP contribution in [0.2, 0.25) is 0 Å². The number of hydrogen-bond acceptors (Lipinski definition) is 5. The van der Waals surface area contributed by atoms with Crippen molar-refractivity contribution in [1.29, 1.82) is 5.26 Å². The third-order valence-electron chi connectivity index (χ3n) is 4.40. The van der Waals surface area contributed by atoms with Crippen molar-refractivity contribution in [3.8, 4) is 6.07 Å². The van der Waals surface area contributed by atoms with Gasteiger partial charge in [0, 0.05) is 24.3 Å². The summed E-state index contributed by atoms with van der Waals surface area (Å²) < 4.78 is 5.25. The highest BCUT2D eigenvalue weighted by atomic mass is 16.5. The fraction of sp³-hybridized carbons (Fsp3) is 0.238. The number of benzene rings is 2. The van der Waals surface area contributed by atoms with Crippen LogP contribution in [-0.2, 0) is 14.3 Å². The van der Waals surface area contributed by atoms with E-state index in [1.165, 1.54) is 6.92 Å². The average molecular weight is 377 g/mol. The Balaban J connectivity index is 1.62. The smallest absolute Gasteiger partial charge is 0.338 e. The first-order valence-corrected chi connectivity index (χ1v) is 8.90. The van der Waals surface area contributed by atoms with Crippen molar-refractivity contribution in [2.24, 2.45) is 0 Å². The lowest BCUT2D eigenvalue weighted by atomic mass is 10.2. The van der Waals surface area contributed by atoms with E-state index in [1.54, 1.807) is 53.4 Å². The Labute approximate surface area is 162 Å². The first kappa shape index (κ1) is 19.1. The van der Waals surface area contributed by atoms with Gasteiger partial charge in [-0.1, -0.05) is 6.07 Å². The number of nitriles is 1. The molecule has 1 saturated heterocycles. The van der Waals surface area contributed by atoms with Crippen LogP contribution in [0.4, 0.5) is 11.4 Å². The van der Waals surface area contributed by atoms with E-state index in [1.807, 2.05) is 6.07 Å². The Kier molecular flexibility index (Phi) is 5.70. The minimum atomic E-state index is -1.01. The van der Waals surface area contributed by atoms with Gasteiger partial charge in [0.25, 0.3) is 5.91 Å². The van der Waals surface area contributed by atoms with Gasteiger partial charge in [0.05, 0.1) is 17.2 Å². The molecule has 1 N–H and O–H groups in total. The van der Waals surface area contributed by atoms with Gasteiger partial charge in [-0.05, 0) is 55.8 Å². The Bertz CT molecular complexity index is 947. The molecule has 0 aliphatic carbocycles. The summed E-state index contributed by atoms with van der Waals surface area (Å²) in [4.78, 5) is 38.2. The number of esters is 1. The molecule has 0 unspecified atom stereocenters. The molecule has 0 radical (unpaired) electrons. The van der Waals surface area contributed by atoms with Gasteiger partial charge in [-0.3, -0.25) is 9.59 Å². The second-order valence-electron chi connectivity index (χ2n) is 6.43. The predicted molar refractivity (Wildman–Crippen MR) is 103 cm³/mol. The minimum absolute atomic E-state index is 0.0284. The topological polar surface area (TPSA) is 99.5 Å². The third kappa shape index (κ3) is 4.35. The number of hydrogen-bond donors (Lipinski definition) is 1. The van der Waals surface area contributed by atoms with Crippen molar-refractivity contribution in [3.05, 3.63) is 59.7 Å². The summed E-state index contributed by atoms with van der Waals surface area (Å²) in [6.45, 7) is 2.10. The number of carbonyl (C=O) groups is 3. The van der Waals surface area contributed by atoms with E-state index in [2.05, 4.69) is 5.32 Å². The lowest BCUT2D eigenvalue weighted by Crippen LogP contribution is -2.30. The summed E-state index contributed by atoms with van der Waals surface area (Å²) in [6, 6.07) is 15.0. The predicted octanol–water partition coefficient (Wildman–Crippen LogP) is 2.87. The van der Waals surface area contributed by atoms with Crippen LogP contribution < -0.4 is 10.2 Å². The summed E-state index contributed by atoms with van der Waals surface area (Å²) in [5.41, 5.74) is 1.90. The second kappa shape index (κ2) is 8.35. The summed E-state index contributed by atoms with van der Waals surface area (Å²) in [6.07, 6.45) is 0.279. The molecule has 2 amide bonds. The second-order valence-corrected chi connectivity index (χ2v) is 6.43. The van der Waals surface area contributed by atoms with E-state index in [-0.39, 0.29) is 11.5 Å². The zero-order chi connectivity index (χ0) is 20.1. The quantitative estimate of drug-likeness (QED) is 0.808. The number of rotatable bonds is 5. The van der Waals surface area contributed by atoms with Gasteiger partial charge >= 0.3 is 5.97 Å². The van der Waals surface area contributed by atoms with Gasteiger partial charge < -0.3 is 15.0 Å². The van der Waals surface area contributed by atoms with Crippen LogP contribution in [0.5, 0.6) is 0 Å². The van der Waals surface area contributed by atoms with Gasteiger partial charge in [0.2, 0.25) is 5.91 Å². The molecule has 2 aromatic carbocycles. The van der Waals surface area contributed by atoms with Crippen LogP contribution in [0.3, 0.4) is 0 Å². The van der Waals surface area contributed by atoms with Crippen molar-refractivity contribution in [2.75, 3.05) is 16.8 Å². The zero-order valence-corrected chi connectivity index (χ0v) is 15.3. The summed E-state index contributed by atoms with van der Waals surface area (Å²) in [7, 11) is 0. The number of amides is 2. The normalized spacial score (nSPS) is 14.3. The number of nitrogens with zero attached hydrogens (tertiary/aromatic N) is 2. The molecular formula is C21H19N3O4. The van der Waals surface area contributed by atoms with Crippen LogP contribution >= 0.6 is 0 Å². The van der Waals surface area contributed by atoms with Crippen LogP contribution in [0.1, 0.15) is 35.7 Å². The third-order valence-corrected chi connectivity index (χ3v) is 4.40. The molecule has 1 aliphatic rings. The Morgan fingerprint density at radius 1 is 1.21 bits per heavy atom. The van der Waals surface area contributed by atoms with E-state index < -0.39 is 18.0 Å². The van der Waals surface area contributed by atoms with Crippen LogP contribution in [0.25, 0.3) is 0 Å². The molecular weight excluding hydrogens is 358 g/mol. The largest absolute Gasteiger partial charge is 0.449 e. The molecule has 2 aromatic rings. The first-order chi connectivity index (χ1) is 13.5. The van der Waals surface area contributed by atoms with E-state index in [9.17, 15) is 14.4 Å². The van der Waals surface area contributed by atoms with Crippen molar-refractivity contribution >= 4 is 29.2 Å². The molecule has 1 aliphatic heterocycles. The molecule has 3 rings (SSSR count). The fourth-order valence-corrected chi connectivity index (χ4v) is 2.88. The highest BCUT2D eigenvalue weighted by Crippen LogP contribution is 2.22. The fourth-order valence-electron chi connectivity index (χ4n) is 2.88. The molecule has 142 valence electrons. The van der Waals surface area contributed by atoms with E-state index in [0.29, 0.717) is 29.9 Å². The summed E-state index contributed by atoms with van der Waals surface area (Å²) in [5, 5.41) is 11.4. The lowest BCUT2D eigenvalue weighted by Gasteiger charge is -2.17. The molecule has 0 spiro atoms. The SMILES string of the molecule is C[C@H](OC(=O)c1cccc(N2CCCC2=O)c1)C(=O)Nc1ccc(C#N)cc1. The first-order valence-electron chi connectivity index (χ1n) is 8.90. The van der Waals surface area contributed by atoms with Gasteiger partial charge in [-0.25, -0.2) is 4.79 Å². The number of carbonyl (C=O) groups excluding carboxylic acids is 3. The average Bonchev–Trinajstić information content (AvgIpc) is 3.14. The maximum absolute atomic E-state index is 12.4. The van der Waals surface area contributed by atoms with Crippen LogP contribution in [0, 0.1) is 11.3 Å². The number of nitrogens with one attached hydrogen (secondary N) is 1. The van der Waals surface area contributed by atoms with Gasteiger partial charge in [0.15, 0.2) is 6.10 Å². The molecule has 1 fully saturated rings. The van der Waals surface area contributed by atoms with Gasteiger partial charge in [0.1, 0.15) is 0 Å². The molecule has 28 heavy (non-hydrogen) atoms. The van der Waals surface area contributed by atoms with Crippen LogP contribution in [0.15, 0.2) is 48.5 Å². The summed E-state index contributed by atoms with van der Waals surface area (Å²) in [5.74, 6) is -1.10. The van der Waals surface area contributed by atoms with Crippen molar-refractivity contribution in [1.82, 2.24) is 0 Å². The molecule has 7 nitrogen and oxygen atoms in total. The number of anilines is 2. The highest BCUT2D eigenvalue weighted by Gasteiger charge is 2.23. The minimum Gasteiger partial charge on any atom is -0.449 e. The van der Waals surface area contributed by atoms with Crippen LogP contribution in [-0.4, -0.2) is 30.4 Å². The van der Waals surface area contributed by atoms with E-state index in [4.69, 9.17) is 10.00 Å². The zero-order valence-electron chi connectivity index (χ0n) is 15.3. The maximum atomic E-state index is 12.4. The van der Waals surface area contributed by atoms with Gasteiger partial charge in [-0.15, -0.1) is 0 Å². The molecule has 1 atom stereocenters.